The lowest BCUT2D eigenvalue weighted by Gasteiger charge is -2.19. The van der Waals surface area contributed by atoms with Crippen LogP contribution in [0.4, 0.5) is 0 Å². The van der Waals surface area contributed by atoms with E-state index >= 15 is 0 Å². The van der Waals surface area contributed by atoms with E-state index in [1.54, 1.807) is 7.11 Å². The summed E-state index contributed by atoms with van der Waals surface area (Å²) in [6, 6.07) is 6.32. The van der Waals surface area contributed by atoms with Crippen molar-refractivity contribution in [2.75, 3.05) is 21.2 Å². The largest absolute Gasteiger partial charge is 0.496 e. The molecule has 90 valence electrons. The number of hydrogen-bond donors (Lipinski definition) is 2. The first-order valence-electron chi connectivity index (χ1n) is 5.66. The number of hydrogen-bond acceptors (Lipinski definition) is 3. The minimum Gasteiger partial charge on any atom is -0.496 e. The molecule has 1 aromatic rings. The molecule has 0 aliphatic rings. The quantitative estimate of drug-likeness (QED) is 0.750. The Morgan fingerprint density at radius 3 is 2.19 bits per heavy atom. The lowest BCUT2D eigenvalue weighted by atomic mass is 9.98. The molecule has 0 spiro atoms. The van der Waals surface area contributed by atoms with Gasteiger partial charge in [-0.15, -0.1) is 0 Å². The summed E-state index contributed by atoms with van der Waals surface area (Å²) in [5.74, 6) is 1.42. The summed E-state index contributed by atoms with van der Waals surface area (Å²) in [6.07, 6.45) is 0.184. The van der Waals surface area contributed by atoms with Gasteiger partial charge in [-0.2, -0.15) is 0 Å². The smallest absolute Gasteiger partial charge is 0.122 e. The van der Waals surface area contributed by atoms with Gasteiger partial charge in [0.25, 0.3) is 0 Å². The van der Waals surface area contributed by atoms with Gasteiger partial charge in [0.1, 0.15) is 5.75 Å². The molecule has 0 amide bonds. The van der Waals surface area contributed by atoms with Gasteiger partial charge in [-0.1, -0.05) is 19.9 Å². The summed E-state index contributed by atoms with van der Waals surface area (Å²) in [7, 11) is 5.61. The van der Waals surface area contributed by atoms with Gasteiger partial charge >= 0.3 is 0 Å². The second kappa shape index (κ2) is 5.87. The number of nitrogens with one attached hydrogen (secondary N) is 2. The van der Waals surface area contributed by atoms with Crippen LogP contribution in [0.15, 0.2) is 18.2 Å². The Morgan fingerprint density at radius 2 is 1.75 bits per heavy atom. The third-order valence-electron chi connectivity index (χ3n) is 2.79. The monoisotopic (exact) mass is 222 g/mol. The van der Waals surface area contributed by atoms with Crippen LogP contribution in [0.1, 0.15) is 37.1 Å². The van der Waals surface area contributed by atoms with E-state index in [4.69, 9.17) is 4.74 Å². The fourth-order valence-corrected chi connectivity index (χ4v) is 1.86. The zero-order chi connectivity index (χ0) is 12.1. The zero-order valence-electron chi connectivity index (χ0n) is 10.8. The van der Waals surface area contributed by atoms with Gasteiger partial charge in [0.2, 0.25) is 0 Å². The Kier molecular flexibility index (Phi) is 4.77. The molecule has 0 aliphatic heterocycles. The van der Waals surface area contributed by atoms with Gasteiger partial charge in [-0.25, -0.2) is 0 Å². The normalized spacial score (nSPS) is 11.2. The van der Waals surface area contributed by atoms with E-state index < -0.39 is 0 Å². The molecule has 3 nitrogen and oxygen atoms in total. The zero-order valence-corrected chi connectivity index (χ0v) is 10.8. The molecule has 16 heavy (non-hydrogen) atoms. The van der Waals surface area contributed by atoms with Gasteiger partial charge in [0.05, 0.1) is 13.3 Å². The van der Waals surface area contributed by atoms with Crippen molar-refractivity contribution < 1.29 is 4.74 Å². The molecule has 0 unspecified atom stereocenters. The summed E-state index contributed by atoms with van der Waals surface area (Å²) in [5, 5.41) is 6.44. The highest BCUT2D eigenvalue weighted by Crippen LogP contribution is 2.28. The van der Waals surface area contributed by atoms with Crippen LogP contribution in [0.25, 0.3) is 0 Å². The van der Waals surface area contributed by atoms with Gasteiger partial charge < -0.3 is 15.4 Å². The van der Waals surface area contributed by atoms with Crippen LogP contribution >= 0.6 is 0 Å². The minimum atomic E-state index is 0.184. The van der Waals surface area contributed by atoms with E-state index in [1.165, 1.54) is 11.1 Å². The van der Waals surface area contributed by atoms with E-state index in [0.29, 0.717) is 5.92 Å². The third-order valence-corrected chi connectivity index (χ3v) is 2.79. The Bertz CT molecular complexity index is 333. The van der Waals surface area contributed by atoms with Crippen molar-refractivity contribution in [3.05, 3.63) is 29.3 Å². The lowest BCUT2D eigenvalue weighted by Crippen LogP contribution is -2.28. The average molecular weight is 222 g/mol. The molecule has 0 fully saturated rings. The fraction of sp³-hybridized carbons (Fsp3) is 0.538. The lowest BCUT2D eigenvalue weighted by molar-refractivity contribution is 0.406. The van der Waals surface area contributed by atoms with Crippen LogP contribution in [0.5, 0.6) is 5.75 Å². The number of rotatable bonds is 5. The van der Waals surface area contributed by atoms with E-state index in [0.717, 1.165) is 5.75 Å². The van der Waals surface area contributed by atoms with Crippen LogP contribution < -0.4 is 15.4 Å². The summed E-state index contributed by atoms with van der Waals surface area (Å²) in [6.45, 7) is 4.35. The maximum Gasteiger partial charge on any atom is 0.122 e. The number of benzene rings is 1. The Labute approximate surface area is 98.2 Å². The van der Waals surface area contributed by atoms with Crippen molar-refractivity contribution in [3.63, 3.8) is 0 Å². The van der Waals surface area contributed by atoms with Crippen LogP contribution in [-0.2, 0) is 0 Å². The molecular weight excluding hydrogens is 200 g/mol. The first-order valence-corrected chi connectivity index (χ1v) is 5.66. The fourth-order valence-electron chi connectivity index (χ4n) is 1.86. The first kappa shape index (κ1) is 13.0. The first-order chi connectivity index (χ1) is 7.63. The van der Waals surface area contributed by atoms with Crippen LogP contribution in [0.3, 0.4) is 0 Å². The third kappa shape index (κ3) is 2.74. The molecule has 0 heterocycles. The molecule has 0 saturated carbocycles. The highest BCUT2D eigenvalue weighted by molar-refractivity contribution is 5.40. The van der Waals surface area contributed by atoms with E-state index in [2.05, 4.69) is 36.6 Å². The van der Waals surface area contributed by atoms with Gasteiger partial charge in [-0.05, 0) is 43.3 Å². The summed E-state index contributed by atoms with van der Waals surface area (Å²) < 4.78 is 5.37. The van der Waals surface area contributed by atoms with E-state index in [9.17, 15) is 0 Å². The summed E-state index contributed by atoms with van der Waals surface area (Å²) in [5.41, 5.74) is 2.48. The standard InChI is InChI=1S/C13H22N2O/c1-9(2)11-8-10(13(14-3)15-4)6-7-12(11)16-5/h6-9,13-15H,1-5H3. The highest BCUT2D eigenvalue weighted by Gasteiger charge is 2.12. The molecule has 1 aromatic carbocycles. The Balaban J connectivity index is 3.10. The van der Waals surface area contributed by atoms with Crippen LogP contribution in [-0.4, -0.2) is 21.2 Å². The van der Waals surface area contributed by atoms with Crippen LogP contribution in [0.2, 0.25) is 0 Å². The predicted molar refractivity (Wildman–Crippen MR) is 67.9 cm³/mol. The minimum absolute atomic E-state index is 0.184. The molecular formula is C13H22N2O. The Morgan fingerprint density at radius 1 is 1.12 bits per heavy atom. The number of methoxy groups -OCH3 is 1. The summed E-state index contributed by atoms with van der Waals surface area (Å²) in [4.78, 5) is 0. The number of ether oxygens (including phenoxy) is 1. The van der Waals surface area contributed by atoms with Gasteiger partial charge in [-0.3, -0.25) is 0 Å². The molecule has 0 aromatic heterocycles. The maximum atomic E-state index is 5.37. The van der Waals surface area contributed by atoms with E-state index in [1.807, 2.05) is 20.2 Å². The molecule has 2 N–H and O–H groups in total. The van der Waals surface area contributed by atoms with Crippen molar-refractivity contribution in [1.82, 2.24) is 10.6 Å². The Hall–Kier alpha value is -1.06. The van der Waals surface area contributed by atoms with Crippen molar-refractivity contribution >= 4 is 0 Å². The highest BCUT2D eigenvalue weighted by atomic mass is 16.5. The molecule has 0 bridgehead atoms. The van der Waals surface area contributed by atoms with Gasteiger partial charge in [0.15, 0.2) is 0 Å². The SMILES string of the molecule is CNC(NC)c1ccc(OC)c(C(C)C)c1. The van der Waals surface area contributed by atoms with Crippen molar-refractivity contribution in [3.8, 4) is 5.75 Å². The molecule has 0 radical (unpaired) electrons. The summed E-state index contributed by atoms with van der Waals surface area (Å²) >= 11 is 0. The average Bonchev–Trinajstić information content (AvgIpc) is 2.30. The topological polar surface area (TPSA) is 33.3 Å². The molecule has 0 atom stereocenters. The van der Waals surface area contributed by atoms with Crippen molar-refractivity contribution in [2.45, 2.75) is 25.9 Å². The van der Waals surface area contributed by atoms with Crippen molar-refractivity contribution in [1.29, 1.82) is 0 Å². The molecule has 3 heteroatoms. The van der Waals surface area contributed by atoms with Crippen LogP contribution in [0, 0.1) is 0 Å². The molecule has 0 aliphatic carbocycles. The molecule has 0 saturated heterocycles. The van der Waals surface area contributed by atoms with Gasteiger partial charge in [0, 0.05) is 0 Å². The molecule has 1 rings (SSSR count). The predicted octanol–water partition coefficient (Wildman–Crippen LogP) is 2.26. The van der Waals surface area contributed by atoms with Crippen molar-refractivity contribution in [2.24, 2.45) is 0 Å². The van der Waals surface area contributed by atoms with E-state index in [-0.39, 0.29) is 6.17 Å². The second-order valence-electron chi connectivity index (χ2n) is 4.17. The second-order valence-corrected chi connectivity index (χ2v) is 4.17. The maximum absolute atomic E-state index is 5.37.